The Labute approximate surface area is 118 Å². The molecule has 0 saturated heterocycles. The van der Waals surface area contributed by atoms with Gasteiger partial charge in [-0.3, -0.25) is 9.59 Å². The molecule has 104 valence electrons. The molecule has 0 saturated carbocycles. The van der Waals surface area contributed by atoms with Crippen LogP contribution in [0.4, 0.5) is 10.1 Å². The Hall–Kier alpha value is -2.34. The highest BCUT2D eigenvalue weighted by molar-refractivity contribution is 6.31. The third-order valence-corrected chi connectivity index (χ3v) is 2.67. The number of hydrogen-bond donors (Lipinski definition) is 2. The van der Waals surface area contributed by atoms with Crippen LogP contribution in [0.25, 0.3) is 0 Å². The fourth-order valence-corrected chi connectivity index (χ4v) is 1.62. The van der Waals surface area contributed by atoms with E-state index in [2.05, 4.69) is 10.6 Å². The van der Waals surface area contributed by atoms with Crippen LogP contribution in [0.15, 0.2) is 41.0 Å². The predicted molar refractivity (Wildman–Crippen MR) is 71.1 cm³/mol. The maximum atomic E-state index is 13.5. The lowest BCUT2D eigenvalue weighted by Gasteiger charge is -2.07. The second-order valence-electron chi connectivity index (χ2n) is 3.81. The van der Waals surface area contributed by atoms with Crippen LogP contribution >= 0.6 is 11.6 Å². The first-order valence-electron chi connectivity index (χ1n) is 5.63. The molecular formula is C13H10ClFN2O3. The van der Waals surface area contributed by atoms with Crippen LogP contribution in [0.2, 0.25) is 5.02 Å². The highest BCUT2D eigenvalue weighted by atomic mass is 35.5. The molecule has 0 unspecified atom stereocenters. The Balaban J connectivity index is 1.90. The van der Waals surface area contributed by atoms with Gasteiger partial charge in [-0.05, 0) is 24.3 Å². The van der Waals surface area contributed by atoms with E-state index in [1.165, 1.54) is 30.5 Å². The van der Waals surface area contributed by atoms with Gasteiger partial charge in [-0.1, -0.05) is 17.7 Å². The molecule has 0 atom stereocenters. The molecule has 20 heavy (non-hydrogen) atoms. The minimum Gasteiger partial charge on any atom is -0.459 e. The van der Waals surface area contributed by atoms with Crippen molar-refractivity contribution in [3.63, 3.8) is 0 Å². The van der Waals surface area contributed by atoms with Crippen LogP contribution < -0.4 is 10.6 Å². The van der Waals surface area contributed by atoms with Crippen LogP contribution in [0, 0.1) is 5.82 Å². The van der Waals surface area contributed by atoms with Gasteiger partial charge in [0.1, 0.15) is 0 Å². The normalized spacial score (nSPS) is 10.1. The Morgan fingerprint density at radius 1 is 1.25 bits per heavy atom. The lowest BCUT2D eigenvalue weighted by Crippen LogP contribution is -2.32. The number of nitrogens with one attached hydrogen (secondary N) is 2. The summed E-state index contributed by atoms with van der Waals surface area (Å²) in [5.41, 5.74) is -0.0465. The van der Waals surface area contributed by atoms with E-state index in [0.717, 1.165) is 0 Å². The molecular weight excluding hydrogens is 287 g/mol. The van der Waals surface area contributed by atoms with E-state index in [4.69, 9.17) is 16.0 Å². The first-order chi connectivity index (χ1) is 9.58. The average molecular weight is 297 g/mol. The van der Waals surface area contributed by atoms with Gasteiger partial charge in [0, 0.05) is 0 Å². The number of hydrogen-bond acceptors (Lipinski definition) is 3. The summed E-state index contributed by atoms with van der Waals surface area (Å²) < 4.78 is 18.4. The molecule has 1 heterocycles. The standard InChI is InChI=1S/C13H10ClFN2O3/c14-8-3-1-4-9(12(8)15)17-11(18)7-16-13(19)10-5-2-6-20-10/h1-6H,7H2,(H,16,19)(H,17,18). The molecule has 0 bridgehead atoms. The first kappa shape index (κ1) is 14.1. The summed E-state index contributed by atoms with van der Waals surface area (Å²) in [6, 6.07) is 7.25. The predicted octanol–water partition coefficient (Wildman–Crippen LogP) is 2.44. The molecule has 2 rings (SSSR count). The molecule has 1 aromatic carbocycles. The molecule has 0 spiro atoms. The smallest absolute Gasteiger partial charge is 0.287 e. The average Bonchev–Trinajstić information content (AvgIpc) is 2.95. The van der Waals surface area contributed by atoms with Gasteiger partial charge >= 0.3 is 0 Å². The lowest BCUT2D eigenvalue weighted by atomic mass is 10.3. The van der Waals surface area contributed by atoms with E-state index in [1.807, 2.05) is 0 Å². The monoisotopic (exact) mass is 296 g/mol. The van der Waals surface area contributed by atoms with Crippen molar-refractivity contribution in [3.8, 4) is 0 Å². The quantitative estimate of drug-likeness (QED) is 0.910. The van der Waals surface area contributed by atoms with Crippen molar-refractivity contribution in [3.05, 3.63) is 53.2 Å². The molecule has 1 aromatic heterocycles. The SMILES string of the molecule is O=C(CNC(=O)c1ccco1)Nc1cccc(Cl)c1F. The Kier molecular flexibility index (Phi) is 4.37. The van der Waals surface area contributed by atoms with Crippen LogP contribution in [-0.2, 0) is 4.79 Å². The molecule has 7 heteroatoms. The number of furan rings is 1. The number of anilines is 1. The zero-order chi connectivity index (χ0) is 14.5. The van der Waals surface area contributed by atoms with Gasteiger partial charge in [0.25, 0.3) is 5.91 Å². The van der Waals surface area contributed by atoms with Crippen molar-refractivity contribution in [2.45, 2.75) is 0 Å². The van der Waals surface area contributed by atoms with Crippen molar-refractivity contribution >= 4 is 29.1 Å². The van der Waals surface area contributed by atoms with Crippen LogP contribution in [0.5, 0.6) is 0 Å². The maximum absolute atomic E-state index is 13.5. The van der Waals surface area contributed by atoms with E-state index in [9.17, 15) is 14.0 Å². The third kappa shape index (κ3) is 3.36. The van der Waals surface area contributed by atoms with Crippen molar-refractivity contribution in [2.75, 3.05) is 11.9 Å². The minimum atomic E-state index is -0.722. The zero-order valence-corrected chi connectivity index (χ0v) is 10.9. The maximum Gasteiger partial charge on any atom is 0.287 e. The van der Waals surface area contributed by atoms with Gasteiger partial charge in [0.05, 0.1) is 23.5 Å². The van der Waals surface area contributed by atoms with Gasteiger partial charge in [0.15, 0.2) is 11.6 Å². The van der Waals surface area contributed by atoms with Gasteiger partial charge in [-0.25, -0.2) is 4.39 Å². The number of halogens is 2. The second kappa shape index (κ2) is 6.21. The molecule has 0 aliphatic rings. The van der Waals surface area contributed by atoms with Gasteiger partial charge in [0.2, 0.25) is 5.91 Å². The molecule has 5 nitrogen and oxygen atoms in total. The molecule has 0 aliphatic heterocycles. The zero-order valence-electron chi connectivity index (χ0n) is 10.2. The van der Waals surface area contributed by atoms with Crippen molar-refractivity contribution in [1.29, 1.82) is 0 Å². The topological polar surface area (TPSA) is 71.3 Å². The third-order valence-electron chi connectivity index (χ3n) is 2.38. The van der Waals surface area contributed by atoms with Crippen LogP contribution in [0.1, 0.15) is 10.6 Å². The molecule has 2 amide bonds. The van der Waals surface area contributed by atoms with E-state index < -0.39 is 17.6 Å². The highest BCUT2D eigenvalue weighted by Crippen LogP contribution is 2.21. The molecule has 0 radical (unpaired) electrons. The van der Waals surface area contributed by atoms with Gasteiger partial charge in [-0.15, -0.1) is 0 Å². The number of carbonyl (C=O) groups is 2. The van der Waals surface area contributed by atoms with Crippen LogP contribution in [0.3, 0.4) is 0 Å². The molecule has 2 aromatic rings. The molecule has 0 fully saturated rings. The minimum absolute atomic E-state index is 0.0465. The number of rotatable bonds is 4. The lowest BCUT2D eigenvalue weighted by molar-refractivity contribution is -0.115. The Bertz CT molecular complexity index is 629. The molecule has 0 aliphatic carbocycles. The number of amides is 2. The summed E-state index contributed by atoms with van der Waals surface area (Å²) in [5.74, 6) is -1.74. The van der Waals surface area contributed by atoms with Crippen LogP contribution in [-0.4, -0.2) is 18.4 Å². The number of benzene rings is 1. The van der Waals surface area contributed by atoms with E-state index in [-0.39, 0.29) is 23.0 Å². The van der Waals surface area contributed by atoms with Crippen molar-refractivity contribution in [1.82, 2.24) is 5.32 Å². The summed E-state index contributed by atoms with van der Waals surface area (Å²) in [6.45, 7) is -0.314. The van der Waals surface area contributed by atoms with Gasteiger partial charge in [-0.2, -0.15) is 0 Å². The Morgan fingerprint density at radius 3 is 2.75 bits per heavy atom. The summed E-state index contributed by atoms with van der Waals surface area (Å²) in [5, 5.41) is 4.55. The van der Waals surface area contributed by atoms with Crippen molar-refractivity contribution < 1.29 is 18.4 Å². The highest BCUT2D eigenvalue weighted by Gasteiger charge is 2.12. The first-order valence-corrected chi connectivity index (χ1v) is 6.01. The number of carbonyl (C=O) groups excluding carboxylic acids is 2. The van der Waals surface area contributed by atoms with E-state index in [1.54, 1.807) is 6.07 Å². The summed E-state index contributed by atoms with van der Waals surface area (Å²) in [4.78, 5) is 23.1. The largest absolute Gasteiger partial charge is 0.459 e. The molecule has 2 N–H and O–H groups in total. The Morgan fingerprint density at radius 2 is 2.05 bits per heavy atom. The fourth-order valence-electron chi connectivity index (χ4n) is 1.45. The fraction of sp³-hybridized carbons (Fsp3) is 0.0769. The van der Waals surface area contributed by atoms with E-state index in [0.29, 0.717) is 0 Å². The van der Waals surface area contributed by atoms with E-state index >= 15 is 0 Å². The second-order valence-corrected chi connectivity index (χ2v) is 4.22. The van der Waals surface area contributed by atoms with Crippen molar-refractivity contribution in [2.24, 2.45) is 0 Å². The summed E-state index contributed by atoms with van der Waals surface area (Å²) in [7, 11) is 0. The summed E-state index contributed by atoms with van der Waals surface area (Å²) >= 11 is 5.58. The van der Waals surface area contributed by atoms with Gasteiger partial charge < -0.3 is 15.1 Å². The summed E-state index contributed by atoms with van der Waals surface area (Å²) in [6.07, 6.45) is 1.34.